The first kappa shape index (κ1) is 11.7. The Bertz CT molecular complexity index is 436. The van der Waals surface area contributed by atoms with Crippen LogP contribution >= 0.6 is 11.8 Å². The summed E-state index contributed by atoms with van der Waals surface area (Å²) in [5.74, 6) is 0.436. The summed E-state index contributed by atoms with van der Waals surface area (Å²) < 4.78 is 0. The molecule has 2 heterocycles. The number of nitrogen functional groups attached to an aromatic ring is 1. The smallest absolute Gasteiger partial charge is 0.324 e. The van der Waals surface area contributed by atoms with Gasteiger partial charge < -0.3 is 11.1 Å². The summed E-state index contributed by atoms with van der Waals surface area (Å²) in [4.78, 5) is 28.5. The zero-order chi connectivity index (χ0) is 12.3. The molecule has 1 aliphatic heterocycles. The number of carbonyl (C=O) groups excluding carboxylic acids is 2. The molecule has 6 nitrogen and oxygen atoms in total. The van der Waals surface area contributed by atoms with E-state index in [1.165, 1.54) is 16.7 Å². The molecular weight excluding hydrogens is 240 g/mol. The number of thioether (sulfide) groups is 1. The van der Waals surface area contributed by atoms with Crippen LogP contribution in [0.4, 0.5) is 10.5 Å². The molecule has 3 N–H and O–H groups in total. The Balaban J connectivity index is 1.86. The zero-order valence-corrected chi connectivity index (χ0v) is 9.87. The molecule has 1 saturated heterocycles. The quantitative estimate of drug-likeness (QED) is 0.594. The molecule has 0 aliphatic carbocycles. The average Bonchev–Trinajstić information content (AvgIpc) is 2.63. The number of nitrogens with two attached hydrogens (primary N) is 1. The van der Waals surface area contributed by atoms with Gasteiger partial charge in [-0.25, -0.2) is 4.79 Å². The van der Waals surface area contributed by atoms with Crippen molar-refractivity contribution in [1.82, 2.24) is 15.2 Å². The van der Waals surface area contributed by atoms with Crippen molar-refractivity contribution in [1.29, 1.82) is 0 Å². The van der Waals surface area contributed by atoms with Crippen LogP contribution < -0.4 is 11.1 Å². The number of anilines is 1. The van der Waals surface area contributed by atoms with Crippen LogP contribution in [0.25, 0.3) is 0 Å². The van der Waals surface area contributed by atoms with Gasteiger partial charge in [-0.15, -0.1) is 11.8 Å². The van der Waals surface area contributed by atoms with E-state index < -0.39 is 0 Å². The molecule has 2 rings (SSSR count). The molecule has 0 atom stereocenters. The first-order valence-corrected chi connectivity index (χ1v) is 6.07. The number of amides is 3. The Labute approximate surface area is 103 Å². The standard InChI is InChI=1S/C10H12N4O2S/c11-7-5-12-2-1-8(7)17-4-3-14-9(15)6-13-10(14)16/h1-2,5H,3-4,6,11H2,(H,13,16). The third kappa shape index (κ3) is 2.68. The van der Waals surface area contributed by atoms with E-state index in [1.807, 2.05) is 6.07 Å². The first-order valence-electron chi connectivity index (χ1n) is 5.09. The zero-order valence-electron chi connectivity index (χ0n) is 9.05. The van der Waals surface area contributed by atoms with Crippen LogP contribution in [0.1, 0.15) is 0 Å². The van der Waals surface area contributed by atoms with E-state index in [1.54, 1.807) is 12.4 Å². The Morgan fingerprint density at radius 2 is 2.35 bits per heavy atom. The van der Waals surface area contributed by atoms with Crippen molar-refractivity contribution >= 4 is 29.4 Å². The number of hydrogen-bond donors (Lipinski definition) is 2. The van der Waals surface area contributed by atoms with E-state index in [-0.39, 0.29) is 18.5 Å². The van der Waals surface area contributed by atoms with Gasteiger partial charge in [0.1, 0.15) is 0 Å². The first-order chi connectivity index (χ1) is 8.18. The lowest BCUT2D eigenvalue weighted by Gasteiger charge is -2.11. The van der Waals surface area contributed by atoms with Crippen molar-refractivity contribution in [2.75, 3.05) is 24.6 Å². The van der Waals surface area contributed by atoms with E-state index in [9.17, 15) is 9.59 Å². The molecule has 1 aliphatic rings. The fraction of sp³-hybridized carbons (Fsp3) is 0.300. The van der Waals surface area contributed by atoms with Gasteiger partial charge in [-0.1, -0.05) is 0 Å². The van der Waals surface area contributed by atoms with Crippen molar-refractivity contribution in [2.45, 2.75) is 4.90 Å². The lowest BCUT2D eigenvalue weighted by molar-refractivity contribution is -0.124. The summed E-state index contributed by atoms with van der Waals surface area (Å²) >= 11 is 1.50. The summed E-state index contributed by atoms with van der Waals surface area (Å²) in [6.07, 6.45) is 3.24. The summed E-state index contributed by atoms with van der Waals surface area (Å²) in [6, 6.07) is 1.49. The predicted octanol–water partition coefficient (Wildman–Crippen LogP) is 0.308. The highest BCUT2D eigenvalue weighted by Crippen LogP contribution is 2.23. The Morgan fingerprint density at radius 1 is 1.53 bits per heavy atom. The van der Waals surface area contributed by atoms with Crippen molar-refractivity contribution in [2.24, 2.45) is 0 Å². The van der Waals surface area contributed by atoms with Crippen LogP contribution in [0.15, 0.2) is 23.4 Å². The number of nitrogens with zero attached hydrogens (tertiary/aromatic N) is 2. The number of nitrogens with one attached hydrogen (secondary N) is 1. The molecule has 1 fully saturated rings. The van der Waals surface area contributed by atoms with E-state index in [0.29, 0.717) is 18.0 Å². The largest absolute Gasteiger partial charge is 0.397 e. The molecule has 0 radical (unpaired) electrons. The SMILES string of the molecule is Nc1cnccc1SCCN1C(=O)CNC1=O. The molecule has 7 heteroatoms. The Kier molecular flexibility index (Phi) is 3.48. The highest BCUT2D eigenvalue weighted by molar-refractivity contribution is 7.99. The molecule has 3 amide bonds. The van der Waals surface area contributed by atoms with Crippen molar-refractivity contribution < 1.29 is 9.59 Å². The van der Waals surface area contributed by atoms with E-state index in [4.69, 9.17) is 5.73 Å². The minimum Gasteiger partial charge on any atom is -0.397 e. The van der Waals surface area contributed by atoms with Crippen molar-refractivity contribution in [3.05, 3.63) is 18.5 Å². The van der Waals surface area contributed by atoms with E-state index >= 15 is 0 Å². The van der Waals surface area contributed by atoms with Gasteiger partial charge in [0.25, 0.3) is 0 Å². The van der Waals surface area contributed by atoms with Gasteiger partial charge in [0.15, 0.2) is 0 Å². The maximum atomic E-state index is 11.3. The van der Waals surface area contributed by atoms with Gasteiger partial charge in [0.2, 0.25) is 5.91 Å². The van der Waals surface area contributed by atoms with Gasteiger partial charge in [0, 0.05) is 23.4 Å². The minimum absolute atomic E-state index is 0.0981. The van der Waals surface area contributed by atoms with Crippen molar-refractivity contribution in [3.63, 3.8) is 0 Å². The Hall–Kier alpha value is -1.76. The van der Waals surface area contributed by atoms with Crippen LogP contribution in [-0.2, 0) is 4.79 Å². The molecule has 90 valence electrons. The predicted molar refractivity (Wildman–Crippen MR) is 64.5 cm³/mol. The highest BCUT2D eigenvalue weighted by Gasteiger charge is 2.27. The molecule has 1 aromatic heterocycles. The van der Waals surface area contributed by atoms with Crippen LogP contribution in [-0.4, -0.2) is 40.7 Å². The monoisotopic (exact) mass is 252 g/mol. The lowest BCUT2D eigenvalue weighted by Crippen LogP contribution is -2.32. The number of carbonyl (C=O) groups is 2. The topological polar surface area (TPSA) is 88.3 Å². The maximum absolute atomic E-state index is 11.3. The summed E-state index contributed by atoms with van der Waals surface area (Å²) in [7, 11) is 0. The normalized spacial score (nSPS) is 15.2. The van der Waals surface area contributed by atoms with Gasteiger partial charge in [-0.3, -0.25) is 14.7 Å². The van der Waals surface area contributed by atoms with E-state index in [0.717, 1.165) is 4.90 Å². The minimum atomic E-state index is -0.321. The summed E-state index contributed by atoms with van der Waals surface area (Å²) in [5, 5.41) is 2.47. The number of urea groups is 1. The van der Waals surface area contributed by atoms with Gasteiger partial charge in [-0.2, -0.15) is 0 Å². The van der Waals surface area contributed by atoms with Crippen LogP contribution in [0.2, 0.25) is 0 Å². The highest BCUT2D eigenvalue weighted by atomic mass is 32.2. The molecule has 1 aromatic rings. The van der Waals surface area contributed by atoms with Crippen LogP contribution in [0.5, 0.6) is 0 Å². The van der Waals surface area contributed by atoms with Crippen LogP contribution in [0, 0.1) is 0 Å². The molecule has 0 aromatic carbocycles. The molecule has 0 spiro atoms. The number of hydrogen-bond acceptors (Lipinski definition) is 5. The molecule has 0 saturated carbocycles. The second-order valence-electron chi connectivity index (χ2n) is 3.47. The number of pyridine rings is 1. The number of rotatable bonds is 4. The molecular formula is C10H12N4O2S. The summed E-state index contributed by atoms with van der Waals surface area (Å²) in [6.45, 7) is 0.484. The van der Waals surface area contributed by atoms with E-state index in [2.05, 4.69) is 10.3 Å². The number of aromatic nitrogens is 1. The second-order valence-corrected chi connectivity index (χ2v) is 4.60. The maximum Gasteiger partial charge on any atom is 0.324 e. The van der Waals surface area contributed by atoms with Crippen LogP contribution in [0.3, 0.4) is 0 Å². The van der Waals surface area contributed by atoms with Gasteiger partial charge in [-0.05, 0) is 6.07 Å². The molecule has 17 heavy (non-hydrogen) atoms. The fourth-order valence-electron chi connectivity index (χ4n) is 1.45. The molecule has 0 unspecified atom stereocenters. The van der Waals surface area contributed by atoms with Gasteiger partial charge in [0.05, 0.1) is 18.4 Å². The summed E-state index contributed by atoms with van der Waals surface area (Å²) in [5.41, 5.74) is 6.33. The third-order valence-electron chi connectivity index (χ3n) is 2.32. The second kappa shape index (κ2) is 5.05. The third-order valence-corrected chi connectivity index (χ3v) is 3.39. The fourth-order valence-corrected chi connectivity index (χ4v) is 2.32. The van der Waals surface area contributed by atoms with Gasteiger partial charge >= 0.3 is 6.03 Å². The average molecular weight is 252 g/mol. The van der Waals surface area contributed by atoms with Crippen molar-refractivity contribution in [3.8, 4) is 0 Å². The Morgan fingerprint density at radius 3 is 3.00 bits per heavy atom. The lowest BCUT2D eigenvalue weighted by atomic mass is 10.4. The number of imide groups is 1. The molecule has 0 bridgehead atoms.